The predicted octanol–water partition coefficient (Wildman–Crippen LogP) is 3.41. The molecule has 0 bridgehead atoms. The van der Waals surface area contributed by atoms with Crippen molar-refractivity contribution in [3.63, 3.8) is 0 Å². The van der Waals surface area contributed by atoms with E-state index in [4.69, 9.17) is 5.11 Å². The van der Waals surface area contributed by atoms with E-state index in [1.807, 2.05) is 0 Å². The van der Waals surface area contributed by atoms with Crippen molar-refractivity contribution in [2.45, 2.75) is 12.7 Å². The van der Waals surface area contributed by atoms with E-state index >= 15 is 0 Å². The van der Waals surface area contributed by atoms with E-state index in [2.05, 4.69) is 10.3 Å². The summed E-state index contributed by atoms with van der Waals surface area (Å²) in [4.78, 5) is 14.5. The molecular weight excluding hydrogens is 285 g/mol. The van der Waals surface area contributed by atoms with Gasteiger partial charge in [0, 0.05) is 12.7 Å². The van der Waals surface area contributed by atoms with E-state index in [0.29, 0.717) is 5.56 Å². The first-order valence-corrected chi connectivity index (χ1v) is 5.96. The van der Waals surface area contributed by atoms with Gasteiger partial charge in [-0.3, -0.25) is 0 Å². The zero-order valence-electron chi connectivity index (χ0n) is 10.7. The van der Waals surface area contributed by atoms with E-state index in [1.165, 1.54) is 30.5 Å². The number of anilines is 1. The summed E-state index contributed by atoms with van der Waals surface area (Å²) < 4.78 is 38.4. The smallest absolute Gasteiger partial charge is 0.419 e. The van der Waals surface area contributed by atoms with Crippen molar-refractivity contribution < 1.29 is 23.1 Å². The van der Waals surface area contributed by atoms with Gasteiger partial charge in [-0.15, -0.1) is 0 Å². The van der Waals surface area contributed by atoms with Crippen LogP contribution in [0.1, 0.15) is 21.5 Å². The quantitative estimate of drug-likeness (QED) is 0.907. The topological polar surface area (TPSA) is 62.2 Å². The Bertz CT molecular complexity index is 657. The largest absolute Gasteiger partial charge is 0.478 e. The van der Waals surface area contributed by atoms with Crippen molar-refractivity contribution in [2.24, 2.45) is 0 Å². The van der Waals surface area contributed by atoms with Crippen LogP contribution in [0.15, 0.2) is 42.6 Å². The van der Waals surface area contributed by atoms with Crippen LogP contribution in [-0.4, -0.2) is 16.1 Å². The van der Waals surface area contributed by atoms with Crippen molar-refractivity contribution in [2.75, 3.05) is 5.32 Å². The number of benzene rings is 1. The minimum atomic E-state index is -4.50. The number of hydrogen-bond acceptors (Lipinski definition) is 3. The second kappa shape index (κ2) is 5.82. The first-order valence-electron chi connectivity index (χ1n) is 5.96. The highest BCUT2D eigenvalue weighted by atomic mass is 19.4. The molecule has 2 aromatic rings. The number of nitrogens with one attached hydrogen (secondary N) is 1. The van der Waals surface area contributed by atoms with Crippen LogP contribution < -0.4 is 5.32 Å². The lowest BCUT2D eigenvalue weighted by atomic mass is 10.1. The molecule has 2 N–H and O–H groups in total. The fourth-order valence-corrected chi connectivity index (χ4v) is 1.78. The Morgan fingerprint density at radius 2 is 2.00 bits per heavy atom. The fourth-order valence-electron chi connectivity index (χ4n) is 1.78. The summed E-state index contributed by atoms with van der Waals surface area (Å²) >= 11 is 0. The number of rotatable bonds is 4. The number of carboxylic acids is 1. The van der Waals surface area contributed by atoms with E-state index in [-0.39, 0.29) is 17.9 Å². The molecule has 2 rings (SSSR count). The van der Waals surface area contributed by atoms with Crippen molar-refractivity contribution in [3.05, 3.63) is 59.3 Å². The van der Waals surface area contributed by atoms with Gasteiger partial charge in [-0.25, -0.2) is 9.78 Å². The van der Waals surface area contributed by atoms with Gasteiger partial charge in [0.25, 0.3) is 0 Å². The van der Waals surface area contributed by atoms with E-state index in [1.54, 1.807) is 6.07 Å². The first-order chi connectivity index (χ1) is 9.88. The molecule has 4 nitrogen and oxygen atoms in total. The van der Waals surface area contributed by atoms with Crippen LogP contribution in [0.5, 0.6) is 0 Å². The minimum Gasteiger partial charge on any atom is -0.478 e. The maximum Gasteiger partial charge on any atom is 0.419 e. The average Bonchev–Trinajstić information content (AvgIpc) is 2.45. The van der Waals surface area contributed by atoms with Crippen LogP contribution in [0, 0.1) is 0 Å². The molecular formula is C14H11F3N2O2. The Morgan fingerprint density at radius 1 is 1.24 bits per heavy atom. The summed E-state index contributed by atoms with van der Waals surface area (Å²) in [6.45, 7) is 0.0429. The van der Waals surface area contributed by atoms with Gasteiger partial charge in [0.05, 0.1) is 11.1 Å². The summed E-state index contributed by atoms with van der Waals surface area (Å²) in [5, 5.41) is 11.4. The molecule has 0 saturated carbocycles. The second-order valence-corrected chi connectivity index (χ2v) is 4.26. The lowest BCUT2D eigenvalue weighted by Crippen LogP contribution is -2.12. The van der Waals surface area contributed by atoms with Gasteiger partial charge in [0.2, 0.25) is 0 Å². The highest BCUT2D eigenvalue weighted by molar-refractivity contribution is 5.87. The summed E-state index contributed by atoms with van der Waals surface area (Å²) in [7, 11) is 0. The van der Waals surface area contributed by atoms with Gasteiger partial charge < -0.3 is 10.4 Å². The van der Waals surface area contributed by atoms with Crippen molar-refractivity contribution in [1.82, 2.24) is 4.98 Å². The van der Waals surface area contributed by atoms with Gasteiger partial charge in [0.1, 0.15) is 5.82 Å². The molecule has 110 valence electrons. The summed E-state index contributed by atoms with van der Waals surface area (Å²) in [6.07, 6.45) is -3.25. The van der Waals surface area contributed by atoms with Crippen LogP contribution in [0.2, 0.25) is 0 Å². The molecule has 0 fully saturated rings. The molecule has 1 heterocycles. The van der Waals surface area contributed by atoms with E-state index < -0.39 is 17.7 Å². The van der Waals surface area contributed by atoms with Gasteiger partial charge in [-0.05, 0) is 29.8 Å². The van der Waals surface area contributed by atoms with Crippen molar-refractivity contribution in [1.29, 1.82) is 0 Å². The lowest BCUT2D eigenvalue weighted by molar-refractivity contribution is -0.137. The Morgan fingerprint density at radius 3 is 2.67 bits per heavy atom. The normalized spacial score (nSPS) is 11.2. The van der Waals surface area contributed by atoms with E-state index in [9.17, 15) is 18.0 Å². The number of aromatic carboxylic acids is 1. The molecule has 0 atom stereocenters. The average molecular weight is 296 g/mol. The van der Waals surface area contributed by atoms with Crippen molar-refractivity contribution >= 4 is 11.8 Å². The van der Waals surface area contributed by atoms with Crippen LogP contribution in [0.4, 0.5) is 19.0 Å². The second-order valence-electron chi connectivity index (χ2n) is 4.26. The van der Waals surface area contributed by atoms with Gasteiger partial charge in [0.15, 0.2) is 0 Å². The minimum absolute atomic E-state index is 0.0429. The number of aromatic nitrogens is 1. The third-order valence-electron chi connectivity index (χ3n) is 2.75. The van der Waals surface area contributed by atoms with Gasteiger partial charge in [-0.1, -0.05) is 12.1 Å². The number of alkyl halides is 3. The summed E-state index contributed by atoms with van der Waals surface area (Å²) in [6, 6.07) is 8.10. The Hall–Kier alpha value is -2.57. The van der Waals surface area contributed by atoms with Crippen LogP contribution in [-0.2, 0) is 12.7 Å². The molecule has 0 aliphatic heterocycles. The number of carboxylic acid groups (broad SMARTS) is 1. The molecule has 7 heteroatoms. The highest BCUT2D eigenvalue weighted by Gasteiger charge is 2.33. The Kier molecular flexibility index (Phi) is 4.11. The molecule has 1 aromatic heterocycles. The van der Waals surface area contributed by atoms with Crippen molar-refractivity contribution in [3.8, 4) is 0 Å². The number of pyridine rings is 1. The molecule has 0 unspecified atom stereocenters. The fraction of sp³-hybridized carbons (Fsp3) is 0.143. The number of hydrogen-bond donors (Lipinski definition) is 2. The first kappa shape index (κ1) is 14.8. The zero-order valence-corrected chi connectivity index (χ0v) is 10.7. The monoisotopic (exact) mass is 296 g/mol. The summed E-state index contributed by atoms with van der Waals surface area (Å²) in [5.74, 6) is -1.38. The molecule has 0 aliphatic carbocycles. The Balaban J connectivity index is 2.17. The number of halogens is 3. The molecule has 0 radical (unpaired) electrons. The van der Waals surface area contributed by atoms with Gasteiger partial charge in [-0.2, -0.15) is 13.2 Å². The van der Waals surface area contributed by atoms with E-state index in [0.717, 1.165) is 6.07 Å². The Labute approximate surface area is 118 Å². The third-order valence-corrected chi connectivity index (χ3v) is 2.75. The standard InChI is InChI=1S/C14H11F3N2O2/c15-14(16,17)11-5-2-6-18-12(11)19-8-9-3-1-4-10(7-9)13(20)21/h1-7H,8H2,(H,18,19)(H,20,21). The molecule has 0 amide bonds. The molecule has 0 spiro atoms. The predicted molar refractivity (Wildman–Crippen MR) is 70.0 cm³/mol. The molecule has 1 aromatic carbocycles. The van der Waals surface area contributed by atoms with Gasteiger partial charge >= 0.3 is 12.1 Å². The van der Waals surface area contributed by atoms with Crippen LogP contribution >= 0.6 is 0 Å². The zero-order chi connectivity index (χ0) is 15.5. The molecule has 0 aliphatic rings. The maximum atomic E-state index is 12.8. The number of carbonyl (C=O) groups is 1. The SMILES string of the molecule is O=C(O)c1cccc(CNc2ncccc2C(F)(F)F)c1. The highest BCUT2D eigenvalue weighted by Crippen LogP contribution is 2.33. The maximum absolute atomic E-state index is 12.8. The lowest BCUT2D eigenvalue weighted by Gasteiger charge is -2.13. The molecule has 0 saturated heterocycles. The molecule has 21 heavy (non-hydrogen) atoms. The van der Waals surface area contributed by atoms with Crippen LogP contribution in [0.25, 0.3) is 0 Å². The summed E-state index contributed by atoms with van der Waals surface area (Å²) in [5.41, 5.74) is -0.237. The van der Waals surface area contributed by atoms with Crippen LogP contribution in [0.3, 0.4) is 0 Å². The number of nitrogens with zero attached hydrogens (tertiary/aromatic N) is 1. The third kappa shape index (κ3) is 3.71.